The lowest BCUT2D eigenvalue weighted by atomic mass is 10.2. The van der Waals surface area contributed by atoms with E-state index in [0.717, 1.165) is 20.1 Å². The van der Waals surface area contributed by atoms with Gasteiger partial charge < -0.3 is 9.47 Å². The number of hydrogen-bond donors (Lipinski definition) is 0. The zero-order chi connectivity index (χ0) is 15.2. The predicted molar refractivity (Wildman–Crippen MR) is 91.1 cm³/mol. The summed E-state index contributed by atoms with van der Waals surface area (Å²) < 4.78 is 13.3. The molecule has 0 aliphatic rings. The average Bonchev–Trinajstić information content (AvgIpc) is 2.46. The quantitative estimate of drug-likeness (QED) is 0.575. The van der Waals surface area contributed by atoms with Gasteiger partial charge in [-0.05, 0) is 62.5 Å². The Kier molecular flexibility index (Phi) is 6.33. The lowest BCUT2D eigenvalue weighted by molar-refractivity contribution is 0.267. The van der Waals surface area contributed by atoms with Crippen LogP contribution >= 0.6 is 43.5 Å². The largest absolute Gasteiger partial charge is 0.490 e. The molecule has 0 atom stereocenters. The first-order chi connectivity index (χ1) is 10.1. The van der Waals surface area contributed by atoms with Crippen LogP contribution in [0.4, 0.5) is 0 Å². The van der Waals surface area contributed by atoms with Crippen LogP contribution in [0.3, 0.4) is 0 Å². The number of rotatable bonds is 6. The third-order valence-corrected chi connectivity index (χ3v) is 4.00. The number of aromatic nitrogens is 1. The van der Waals surface area contributed by atoms with E-state index in [1.165, 1.54) is 0 Å². The molecule has 0 N–H and O–H groups in total. The van der Waals surface area contributed by atoms with Gasteiger partial charge in [0.15, 0.2) is 11.5 Å². The molecule has 1 aromatic heterocycles. The third kappa shape index (κ3) is 4.59. The Labute approximate surface area is 145 Å². The molecular formula is C15H14Br2ClNO2. The maximum Gasteiger partial charge on any atom is 0.175 e. The van der Waals surface area contributed by atoms with Crippen molar-refractivity contribution in [1.29, 1.82) is 0 Å². The third-order valence-electron chi connectivity index (χ3n) is 2.67. The minimum Gasteiger partial charge on any atom is -0.490 e. The van der Waals surface area contributed by atoms with Crippen LogP contribution in [0.1, 0.15) is 18.1 Å². The van der Waals surface area contributed by atoms with Crippen molar-refractivity contribution >= 4 is 43.5 Å². The Hall–Kier alpha value is -0.780. The molecule has 0 amide bonds. The second-order valence-electron chi connectivity index (χ2n) is 4.27. The summed E-state index contributed by atoms with van der Waals surface area (Å²) >= 11 is 12.8. The van der Waals surface area contributed by atoms with Gasteiger partial charge in [0, 0.05) is 28.3 Å². The van der Waals surface area contributed by atoms with Gasteiger partial charge in [-0.2, -0.15) is 0 Å². The van der Waals surface area contributed by atoms with Gasteiger partial charge in [0.2, 0.25) is 0 Å². The number of alkyl halides is 1. The summed E-state index contributed by atoms with van der Waals surface area (Å²) in [5, 5.41) is 0. The van der Waals surface area contributed by atoms with Gasteiger partial charge in [-0.1, -0.05) is 0 Å². The molecule has 0 saturated heterocycles. The molecule has 2 aromatic rings. The van der Waals surface area contributed by atoms with E-state index >= 15 is 0 Å². The van der Waals surface area contributed by atoms with E-state index in [-0.39, 0.29) is 0 Å². The first-order valence-corrected chi connectivity index (χ1v) is 8.49. The molecule has 0 aliphatic heterocycles. The number of ether oxygens (including phenoxy) is 2. The van der Waals surface area contributed by atoms with E-state index in [2.05, 4.69) is 36.8 Å². The Morgan fingerprint density at radius 3 is 2.57 bits per heavy atom. The normalized spacial score (nSPS) is 10.5. The van der Waals surface area contributed by atoms with Crippen LogP contribution in [-0.4, -0.2) is 11.6 Å². The Balaban J connectivity index is 2.22. The van der Waals surface area contributed by atoms with Gasteiger partial charge in [-0.15, -0.1) is 11.6 Å². The van der Waals surface area contributed by atoms with Crippen molar-refractivity contribution in [3.63, 3.8) is 0 Å². The molecule has 0 aliphatic carbocycles. The van der Waals surface area contributed by atoms with Crippen molar-refractivity contribution in [3.8, 4) is 11.5 Å². The number of benzene rings is 1. The molecule has 112 valence electrons. The fraction of sp³-hybridized carbons (Fsp3) is 0.267. The Bertz CT molecular complexity index is 623. The van der Waals surface area contributed by atoms with Gasteiger partial charge in [0.05, 0.1) is 11.1 Å². The van der Waals surface area contributed by atoms with E-state index in [4.69, 9.17) is 21.1 Å². The van der Waals surface area contributed by atoms with E-state index in [1.807, 2.05) is 25.1 Å². The number of pyridine rings is 1. The fourth-order valence-corrected chi connectivity index (χ4v) is 2.96. The van der Waals surface area contributed by atoms with Gasteiger partial charge >= 0.3 is 0 Å². The van der Waals surface area contributed by atoms with Crippen LogP contribution in [0.2, 0.25) is 0 Å². The van der Waals surface area contributed by atoms with Crippen molar-refractivity contribution in [2.24, 2.45) is 0 Å². The van der Waals surface area contributed by atoms with E-state index < -0.39 is 0 Å². The maximum atomic E-state index is 5.89. The second kappa shape index (κ2) is 8.01. The monoisotopic (exact) mass is 433 g/mol. The first-order valence-electron chi connectivity index (χ1n) is 6.37. The van der Waals surface area contributed by atoms with Crippen LogP contribution < -0.4 is 9.47 Å². The van der Waals surface area contributed by atoms with Gasteiger partial charge in [-0.25, -0.2) is 0 Å². The molecule has 0 unspecified atom stereocenters. The van der Waals surface area contributed by atoms with Crippen LogP contribution in [-0.2, 0) is 12.5 Å². The standard InChI is InChI=1S/C15H14Br2ClNO2/c1-2-20-14-5-10(6-18)4-13(17)15(14)21-9-11-3-12(16)8-19-7-11/h3-5,7-8H,2,6,9H2,1H3. The highest BCUT2D eigenvalue weighted by Gasteiger charge is 2.12. The van der Waals surface area contributed by atoms with E-state index in [0.29, 0.717) is 30.6 Å². The average molecular weight is 436 g/mol. The summed E-state index contributed by atoms with van der Waals surface area (Å²) in [6, 6.07) is 5.80. The van der Waals surface area contributed by atoms with Crippen LogP contribution in [0.5, 0.6) is 11.5 Å². The molecule has 2 rings (SSSR count). The highest BCUT2D eigenvalue weighted by Crippen LogP contribution is 2.37. The first kappa shape index (κ1) is 16.6. The van der Waals surface area contributed by atoms with Crippen LogP contribution in [0.25, 0.3) is 0 Å². The number of hydrogen-bond acceptors (Lipinski definition) is 3. The smallest absolute Gasteiger partial charge is 0.175 e. The predicted octanol–water partition coefficient (Wildman–Crippen LogP) is 5.32. The second-order valence-corrected chi connectivity index (χ2v) is 6.31. The number of halogens is 3. The van der Waals surface area contributed by atoms with Crippen molar-refractivity contribution < 1.29 is 9.47 Å². The van der Waals surface area contributed by atoms with Gasteiger partial charge in [0.25, 0.3) is 0 Å². The molecule has 0 fully saturated rings. The van der Waals surface area contributed by atoms with Gasteiger partial charge in [-0.3, -0.25) is 4.98 Å². The molecule has 0 saturated carbocycles. The fourth-order valence-electron chi connectivity index (χ4n) is 1.79. The Morgan fingerprint density at radius 1 is 1.10 bits per heavy atom. The highest BCUT2D eigenvalue weighted by molar-refractivity contribution is 9.10. The van der Waals surface area contributed by atoms with Crippen molar-refractivity contribution in [1.82, 2.24) is 4.98 Å². The van der Waals surface area contributed by atoms with Crippen molar-refractivity contribution in [3.05, 3.63) is 50.7 Å². The molecule has 21 heavy (non-hydrogen) atoms. The van der Waals surface area contributed by atoms with E-state index in [9.17, 15) is 0 Å². The topological polar surface area (TPSA) is 31.4 Å². The zero-order valence-corrected chi connectivity index (χ0v) is 15.3. The summed E-state index contributed by atoms with van der Waals surface area (Å²) in [6.45, 7) is 2.90. The molecule has 3 nitrogen and oxygen atoms in total. The van der Waals surface area contributed by atoms with Crippen molar-refractivity contribution in [2.45, 2.75) is 19.4 Å². The molecule has 0 bridgehead atoms. The lowest BCUT2D eigenvalue weighted by Crippen LogP contribution is -2.01. The molecule has 1 heterocycles. The van der Waals surface area contributed by atoms with Crippen molar-refractivity contribution in [2.75, 3.05) is 6.61 Å². The minimum absolute atomic E-state index is 0.408. The molecule has 1 aromatic carbocycles. The van der Waals surface area contributed by atoms with Crippen LogP contribution in [0, 0.1) is 0 Å². The Morgan fingerprint density at radius 2 is 1.90 bits per heavy atom. The SMILES string of the molecule is CCOc1cc(CCl)cc(Br)c1OCc1cncc(Br)c1. The summed E-state index contributed by atoms with van der Waals surface area (Å²) in [4.78, 5) is 4.12. The van der Waals surface area contributed by atoms with Gasteiger partial charge in [0.1, 0.15) is 6.61 Å². The van der Waals surface area contributed by atoms with Crippen LogP contribution in [0.15, 0.2) is 39.5 Å². The summed E-state index contributed by atoms with van der Waals surface area (Å²) in [5.41, 5.74) is 1.95. The molecule has 6 heteroatoms. The summed E-state index contributed by atoms with van der Waals surface area (Å²) in [7, 11) is 0. The number of nitrogens with zero attached hydrogens (tertiary/aromatic N) is 1. The highest BCUT2D eigenvalue weighted by atomic mass is 79.9. The lowest BCUT2D eigenvalue weighted by Gasteiger charge is -2.15. The molecular weight excluding hydrogens is 421 g/mol. The maximum absolute atomic E-state index is 5.89. The molecule has 0 spiro atoms. The summed E-state index contributed by atoms with van der Waals surface area (Å²) in [6.07, 6.45) is 3.51. The summed E-state index contributed by atoms with van der Waals surface area (Å²) in [5.74, 6) is 1.78. The zero-order valence-electron chi connectivity index (χ0n) is 11.4. The van der Waals surface area contributed by atoms with E-state index in [1.54, 1.807) is 12.4 Å². The molecule has 0 radical (unpaired) electrons. The minimum atomic E-state index is 0.408.